The lowest BCUT2D eigenvalue weighted by Gasteiger charge is -2.07. The first-order valence-electron chi connectivity index (χ1n) is 7.41. The number of aromatic nitrogens is 2. The molecule has 0 spiro atoms. The van der Waals surface area contributed by atoms with E-state index in [0.717, 1.165) is 6.42 Å². The van der Waals surface area contributed by atoms with Crippen LogP contribution in [0.25, 0.3) is 11.1 Å². The van der Waals surface area contributed by atoms with Crippen LogP contribution in [0.1, 0.15) is 36.4 Å². The van der Waals surface area contributed by atoms with Crippen molar-refractivity contribution < 1.29 is 18.7 Å². The van der Waals surface area contributed by atoms with Crippen molar-refractivity contribution in [2.75, 3.05) is 31.7 Å². The molecule has 2 heterocycles. The van der Waals surface area contributed by atoms with E-state index in [0.29, 0.717) is 54.6 Å². The average Bonchev–Trinajstić information content (AvgIpc) is 2.84. The van der Waals surface area contributed by atoms with E-state index >= 15 is 0 Å². The minimum absolute atomic E-state index is 0.301. The fraction of sp³-hybridized carbons (Fsp3) is 0.533. The van der Waals surface area contributed by atoms with Gasteiger partial charge in [0, 0.05) is 19.8 Å². The van der Waals surface area contributed by atoms with Gasteiger partial charge >= 0.3 is 5.97 Å². The monoisotopic (exact) mass is 307 g/mol. The van der Waals surface area contributed by atoms with Crippen LogP contribution in [0, 0.1) is 6.92 Å². The average molecular weight is 307 g/mol. The molecule has 7 nitrogen and oxygen atoms in total. The van der Waals surface area contributed by atoms with Crippen molar-refractivity contribution in [2.45, 2.75) is 27.2 Å². The Hall–Kier alpha value is -2.15. The molecule has 0 saturated heterocycles. The van der Waals surface area contributed by atoms with Crippen molar-refractivity contribution in [2.24, 2.45) is 0 Å². The first-order valence-corrected chi connectivity index (χ1v) is 7.41. The second-order valence-electron chi connectivity index (χ2n) is 4.63. The Morgan fingerprint density at radius 3 is 2.86 bits per heavy atom. The fourth-order valence-corrected chi connectivity index (χ4v) is 2.15. The molecule has 0 fully saturated rings. The molecule has 0 aliphatic rings. The summed E-state index contributed by atoms with van der Waals surface area (Å²) in [5, 5.41) is 3.76. The van der Waals surface area contributed by atoms with Crippen LogP contribution < -0.4 is 5.32 Å². The first-order chi connectivity index (χ1) is 10.7. The molecule has 2 rings (SSSR count). The molecule has 0 aromatic carbocycles. The highest BCUT2D eigenvalue weighted by atomic mass is 16.5. The van der Waals surface area contributed by atoms with Gasteiger partial charge in [0.1, 0.15) is 23.5 Å². The summed E-state index contributed by atoms with van der Waals surface area (Å²) in [6.07, 6.45) is 2.25. The Morgan fingerprint density at radius 2 is 2.14 bits per heavy atom. The largest absolute Gasteiger partial charge is 0.462 e. The summed E-state index contributed by atoms with van der Waals surface area (Å²) in [6, 6.07) is 0. The summed E-state index contributed by atoms with van der Waals surface area (Å²) in [4.78, 5) is 20.4. The van der Waals surface area contributed by atoms with Crippen LogP contribution in [-0.2, 0) is 9.47 Å². The number of carbonyl (C=O) groups is 1. The maximum Gasteiger partial charge on any atom is 0.342 e. The number of fused-ring (bicyclic) bond motifs is 1. The number of hydrogen-bond donors (Lipinski definition) is 1. The summed E-state index contributed by atoms with van der Waals surface area (Å²) < 4.78 is 15.9. The topological polar surface area (TPSA) is 86.5 Å². The van der Waals surface area contributed by atoms with Crippen molar-refractivity contribution in [3.8, 4) is 0 Å². The van der Waals surface area contributed by atoms with Gasteiger partial charge in [-0.15, -0.1) is 0 Å². The lowest BCUT2D eigenvalue weighted by molar-refractivity contribution is 0.0526. The maximum atomic E-state index is 12.1. The zero-order valence-electron chi connectivity index (χ0n) is 13.1. The van der Waals surface area contributed by atoms with Gasteiger partial charge in [-0.05, 0) is 27.2 Å². The van der Waals surface area contributed by atoms with Crippen molar-refractivity contribution in [1.29, 1.82) is 0 Å². The lowest BCUT2D eigenvalue weighted by atomic mass is 10.2. The minimum Gasteiger partial charge on any atom is -0.462 e. The number of ether oxygens (including phenoxy) is 2. The normalized spacial score (nSPS) is 10.9. The van der Waals surface area contributed by atoms with Crippen LogP contribution in [-0.4, -0.2) is 42.3 Å². The number of anilines is 1. The van der Waals surface area contributed by atoms with Crippen LogP contribution in [0.15, 0.2) is 10.7 Å². The van der Waals surface area contributed by atoms with E-state index in [2.05, 4.69) is 15.3 Å². The van der Waals surface area contributed by atoms with Crippen molar-refractivity contribution >= 4 is 22.9 Å². The van der Waals surface area contributed by atoms with Gasteiger partial charge in [-0.2, -0.15) is 0 Å². The molecule has 0 bridgehead atoms. The molecule has 1 N–H and O–H groups in total. The Bertz CT molecular complexity index is 639. The Labute approximate surface area is 129 Å². The third kappa shape index (κ3) is 3.54. The number of carbonyl (C=O) groups excluding carboxylic acids is 1. The van der Waals surface area contributed by atoms with Gasteiger partial charge in [-0.25, -0.2) is 14.8 Å². The number of rotatable bonds is 8. The van der Waals surface area contributed by atoms with E-state index in [1.54, 1.807) is 13.8 Å². The summed E-state index contributed by atoms with van der Waals surface area (Å²) in [6.45, 7) is 7.79. The molecule has 0 radical (unpaired) electrons. The van der Waals surface area contributed by atoms with E-state index < -0.39 is 5.97 Å². The van der Waals surface area contributed by atoms with Crippen molar-refractivity contribution in [1.82, 2.24) is 9.97 Å². The second kappa shape index (κ2) is 7.74. The Kier molecular flexibility index (Phi) is 5.71. The number of hydrogen-bond acceptors (Lipinski definition) is 7. The Morgan fingerprint density at radius 1 is 1.32 bits per heavy atom. The molecule has 0 aliphatic carbocycles. The molecule has 0 unspecified atom stereocenters. The van der Waals surface area contributed by atoms with Gasteiger partial charge in [-0.1, -0.05) is 0 Å². The van der Waals surface area contributed by atoms with Crippen LogP contribution in [0.4, 0.5) is 5.82 Å². The number of nitrogens with one attached hydrogen (secondary N) is 1. The third-order valence-corrected chi connectivity index (χ3v) is 3.11. The smallest absolute Gasteiger partial charge is 0.342 e. The highest BCUT2D eigenvalue weighted by molar-refractivity contribution is 6.07. The van der Waals surface area contributed by atoms with Crippen LogP contribution >= 0.6 is 0 Å². The fourth-order valence-electron chi connectivity index (χ4n) is 2.15. The van der Waals surface area contributed by atoms with E-state index in [-0.39, 0.29) is 0 Å². The summed E-state index contributed by atoms with van der Waals surface area (Å²) in [7, 11) is 0. The third-order valence-electron chi connectivity index (χ3n) is 3.11. The van der Waals surface area contributed by atoms with Gasteiger partial charge in [-0.3, -0.25) is 0 Å². The predicted octanol–water partition coefficient (Wildman–Crippen LogP) is 2.55. The van der Waals surface area contributed by atoms with Gasteiger partial charge in [0.25, 0.3) is 0 Å². The highest BCUT2D eigenvalue weighted by Crippen LogP contribution is 2.29. The summed E-state index contributed by atoms with van der Waals surface area (Å²) >= 11 is 0. The molecular formula is C15H21N3O4. The second-order valence-corrected chi connectivity index (χ2v) is 4.63. The van der Waals surface area contributed by atoms with Gasteiger partial charge < -0.3 is 19.2 Å². The zero-order valence-corrected chi connectivity index (χ0v) is 13.1. The van der Waals surface area contributed by atoms with Gasteiger partial charge in [0.15, 0.2) is 0 Å². The first kappa shape index (κ1) is 16.2. The van der Waals surface area contributed by atoms with E-state index in [1.807, 2.05) is 6.92 Å². The molecule has 0 saturated carbocycles. The van der Waals surface area contributed by atoms with Crippen LogP contribution in [0.2, 0.25) is 0 Å². The highest BCUT2D eigenvalue weighted by Gasteiger charge is 2.23. The van der Waals surface area contributed by atoms with Crippen molar-refractivity contribution in [3.63, 3.8) is 0 Å². The van der Waals surface area contributed by atoms with E-state index in [9.17, 15) is 4.79 Å². The zero-order chi connectivity index (χ0) is 15.9. The van der Waals surface area contributed by atoms with Gasteiger partial charge in [0.05, 0.1) is 12.0 Å². The van der Waals surface area contributed by atoms with E-state index in [4.69, 9.17) is 13.9 Å². The molecule has 0 atom stereocenters. The number of nitrogens with zero attached hydrogens (tertiary/aromatic N) is 2. The Balaban J connectivity index is 2.24. The lowest BCUT2D eigenvalue weighted by Crippen LogP contribution is -2.10. The van der Waals surface area contributed by atoms with Gasteiger partial charge in [0.2, 0.25) is 5.71 Å². The number of aryl methyl sites for hydroxylation is 1. The standard InChI is InChI=1S/C15H21N3O4/c1-4-20-8-6-7-16-13-12-11(15(19)21-5-2)10(3)22-14(12)18-9-17-13/h9H,4-8H2,1-3H3,(H,16,17,18). The predicted molar refractivity (Wildman–Crippen MR) is 82.1 cm³/mol. The SMILES string of the molecule is CCOCCCNc1ncnc2oc(C)c(C(=O)OCC)c12. The molecule has 0 aliphatic heterocycles. The summed E-state index contributed by atoms with van der Waals surface area (Å²) in [5.41, 5.74) is 0.757. The maximum absolute atomic E-state index is 12.1. The quantitative estimate of drug-likeness (QED) is 0.592. The molecule has 2 aromatic rings. The number of furan rings is 1. The van der Waals surface area contributed by atoms with E-state index in [1.165, 1.54) is 6.33 Å². The number of esters is 1. The minimum atomic E-state index is -0.425. The molecule has 7 heteroatoms. The molecular weight excluding hydrogens is 286 g/mol. The van der Waals surface area contributed by atoms with Crippen molar-refractivity contribution in [3.05, 3.63) is 17.7 Å². The molecule has 0 amide bonds. The molecule has 2 aromatic heterocycles. The van der Waals surface area contributed by atoms with Crippen LogP contribution in [0.5, 0.6) is 0 Å². The summed E-state index contributed by atoms with van der Waals surface area (Å²) in [5.74, 6) is 0.624. The van der Waals surface area contributed by atoms with Crippen LogP contribution in [0.3, 0.4) is 0 Å². The molecule has 120 valence electrons. The molecule has 22 heavy (non-hydrogen) atoms.